The fourth-order valence-electron chi connectivity index (χ4n) is 1.89. The lowest BCUT2D eigenvalue weighted by atomic mass is 9.81. The molecule has 0 aliphatic carbocycles. The van der Waals surface area contributed by atoms with E-state index in [1.165, 1.54) is 0 Å². The molecule has 5 heteroatoms. The van der Waals surface area contributed by atoms with Crippen LogP contribution in [0.15, 0.2) is 22.7 Å². The number of benzene rings is 1. The van der Waals surface area contributed by atoms with Crippen LogP contribution in [0, 0.1) is 12.3 Å². The van der Waals surface area contributed by atoms with Crippen molar-refractivity contribution in [2.75, 3.05) is 11.9 Å². The van der Waals surface area contributed by atoms with E-state index in [9.17, 15) is 4.79 Å². The Balaban J connectivity index is 0.00000324. The number of nitrogens with two attached hydrogens (primary N) is 1. The summed E-state index contributed by atoms with van der Waals surface area (Å²) in [7, 11) is 0. The fourth-order valence-corrected chi connectivity index (χ4v) is 2.27. The lowest BCUT2D eigenvalue weighted by molar-refractivity contribution is -0.125. The number of rotatable bonds is 5. The first-order valence-electron chi connectivity index (χ1n) is 6.26. The van der Waals surface area contributed by atoms with Crippen LogP contribution >= 0.6 is 28.3 Å². The summed E-state index contributed by atoms with van der Waals surface area (Å²) in [6.07, 6.45) is 1.50. The highest BCUT2D eigenvalue weighted by atomic mass is 79.9. The summed E-state index contributed by atoms with van der Waals surface area (Å²) in [5, 5.41) is 2.95. The van der Waals surface area contributed by atoms with Gasteiger partial charge in [-0.1, -0.05) is 35.8 Å². The quantitative estimate of drug-likeness (QED) is 0.847. The van der Waals surface area contributed by atoms with Crippen LogP contribution in [0.4, 0.5) is 5.69 Å². The van der Waals surface area contributed by atoms with Gasteiger partial charge in [-0.05, 0) is 37.5 Å². The summed E-state index contributed by atoms with van der Waals surface area (Å²) in [6, 6.07) is 5.80. The van der Waals surface area contributed by atoms with Gasteiger partial charge in [0.25, 0.3) is 0 Å². The van der Waals surface area contributed by atoms with Gasteiger partial charge in [0.2, 0.25) is 5.91 Å². The predicted molar refractivity (Wildman–Crippen MR) is 86.8 cm³/mol. The van der Waals surface area contributed by atoms with Crippen molar-refractivity contribution in [3.8, 4) is 0 Å². The number of hydrogen-bond donors (Lipinski definition) is 2. The van der Waals surface area contributed by atoms with Crippen LogP contribution in [0.3, 0.4) is 0 Å². The molecule has 0 atom stereocenters. The topological polar surface area (TPSA) is 55.1 Å². The van der Waals surface area contributed by atoms with Crippen molar-refractivity contribution in [2.24, 2.45) is 11.1 Å². The minimum atomic E-state index is -0.461. The maximum absolute atomic E-state index is 12.3. The summed E-state index contributed by atoms with van der Waals surface area (Å²) in [4.78, 5) is 12.3. The van der Waals surface area contributed by atoms with Crippen LogP contribution in [-0.2, 0) is 4.79 Å². The summed E-state index contributed by atoms with van der Waals surface area (Å²) in [5.74, 6) is 0.00533. The van der Waals surface area contributed by atoms with Gasteiger partial charge >= 0.3 is 0 Å². The van der Waals surface area contributed by atoms with E-state index in [2.05, 4.69) is 21.2 Å². The number of anilines is 1. The van der Waals surface area contributed by atoms with Gasteiger partial charge in [0.05, 0.1) is 5.41 Å². The molecule has 1 aromatic rings. The number of hydrogen-bond acceptors (Lipinski definition) is 2. The van der Waals surface area contributed by atoms with Crippen molar-refractivity contribution in [1.29, 1.82) is 0 Å². The molecular formula is C14H22BrClN2O. The molecule has 19 heavy (non-hydrogen) atoms. The van der Waals surface area contributed by atoms with Crippen LogP contribution in [-0.4, -0.2) is 12.5 Å². The minimum absolute atomic E-state index is 0. The van der Waals surface area contributed by atoms with Crippen molar-refractivity contribution in [2.45, 2.75) is 33.6 Å². The van der Waals surface area contributed by atoms with Crippen molar-refractivity contribution in [3.63, 3.8) is 0 Å². The van der Waals surface area contributed by atoms with Gasteiger partial charge in [0.1, 0.15) is 0 Å². The van der Waals surface area contributed by atoms with E-state index in [0.717, 1.165) is 28.6 Å². The molecule has 1 amide bonds. The molecular weight excluding hydrogens is 328 g/mol. The normalized spacial score (nSPS) is 10.8. The lowest BCUT2D eigenvalue weighted by Gasteiger charge is -2.28. The third kappa shape index (κ3) is 4.20. The third-order valence-corrected chi connectivity index (χ3v) is 4.51. The van der Waals surface area contributed by atoms with Gasteiger partial charge in [-0.25, -0.2) is 0 Å². The van der Waals surface area contributed by atoms with Crippen LogP contribution < -0.4 is 11.1 Å². The van der Waals surface area contributed by atoms with Gasteiger partial charge in [-0.15, -0.1) is 12.4 Å². The average molecular weight is 350 g/mol. The monoisotopic (exact) mass is 348 g/mol. The van der Waals surface area contributed by atoms with E-state index in [1.54, 1.807) is 0 Å². The molecule has 1 rings (SSSR count). The second-order valence-electron chi connectivity index (χ2n) is 4.61. The molecule has 1 aromatic carbocycles. The standard InChI is InChI=1S/C14H21BrN2O.ClH/c1-4-14(5-2,9-16)13(18)17-11-7-6-10(3)12(15)8-11;/h6-8H,4-5,9,16H2,1-3H3,(H,17,18);1H. The Labute approximate surface area is 129 Å². The highest BCUT2D eigenvalue weighted by Gasteiger charge is 2.33. The van der Waals surface area contributed by atoms with Gasteiger partial charge < -0.3 is 11.1 Å². The smallest absolute Gasteiger partial charge is 0.231 e. The van der Waals surface area contributed by atoms with E-state index in [0.29, 0.717) is 6.54 Å². The lowest BCUT2D eigenvalue weighted by Crippen LogP contribution is -2.41. The fraction of sp³-hybridized carbons (Fsp3) is 0.500. The Hall–Kier alpha value is -0.580. The molecule has 0 aromatic heterocycles. The highest BCUT2D eigenvalue weighted by Crippen LogP contribution is 2.28. The SMILES string of the molecule is CCC(CC)(CN)C(=O)Nc1ccc(C)c(Br)c1.Cl. The molecule has 0 spiro atoms. The summed E-state index contributed by atoms with van der Waals surface area (Å²) in [5.41, 5.74) is 7.25. The summed E-state index contributed by atoms with van der Waals surface area (Å²) < 4.78 is 0.992. The zero-order valence-corrected chi connectivity index (χ0v) is 14.0. The van der Waals surface area contributed by atoms with Gasteiger partial charge in [0.15, 0.2) is 0 Å². The Morgan fingerprint density at radius 2 is 1.95 bits per heavy atom. The number of halogens is 2. The van der Waals surface area contributed by atoms with E-state index in [-0.39, 0.29) is 18.3 Å². The number of nitrogens with one attached hydrogen (secondary N) is 1. The molecule has 0 fully saturated rings. The molecule has 3 N–H and O–H groups in total. The molecule has 0 radical (unpaired) electrons. The van der Waals surface area contributed by atoms with Gasteiger partial charge in [0, 0.05) is 16.7 Å². The first-order chi connectivity index (χ1) is 8.49. The zero-order chi connectivity index (χ0) is 13.8. The molecule has 0 bridgehead atoms. The molecule has 0 aliphatic rings. The first kappa shape index (κ1) is 18.4. The average Bonchev–Trinajstić information content (AvgIpc) is 2.37. The molecule has 0 saturated carbocycles. The predicted octanol–water partition coefficient (Wildman–Crippen LogP) is 3.88. The zero-order valence-electron chi connectivity index (χ0n) is 11.6. The maximum Gasteiger partial charge on any atom is 0.231 e. The Kier molecular flexibility index (Phi) is 7.64. The van der Waals surface area contributed by atoms with Crippen LogP contribution in [0.2, 0.25) is 0 Å². The van der Waals surface area contributed by atoms with E-state index >= 15 is 0 Å². The maximum atomic E-state index is 12.3. The van der Waals surface area contributed by atoms with E-state index < -0.39 is 5.41 Å². The molecule has 0 heterocycles. The summed E-state index contributed by atoms with van der Waals surface area (Å²) >= 11 is 3.46. The number of carbonyl (C=O) groups excluding carboxylic acids is 1. The third-order valence-electron chi connectivity index (χ3n) is 3.66. The molecule has 3 nitrogen and oxygen atoms in total. The van der Waals surface area contributed by atoms with E-state index in [4.69, 9.17) is 5.73 Å². The summed E-state index contributed by atoms with van der Waals surface area (Å²) in [6.45, 7) is 6.39. The Morgan fingerprint density at radius 3 is 2.37 bits per heavy atom. The van der Waals surface area contributed by atoms with Crippen molar-refractivity contribution >= 4 is 39.9 Å². The molecule has 0 aliphatic heterocycles. The minimum Gasteiger partial charge on any atom is -0.329 e. The van der Waals surface area contributed by atoms with Crippen LogP contribution in [0.25, 0.3) is 0 Å². The molecule has 0 unspecified atom stereocenters. The van der Waals surface area contributed by atoms with Crippen LogP contribution in [0.1, 0.15) is 32.3 Å². The van der Waals surface area contributed by atoms with Crippen molar-refractivity contribution < 1.29 is 4.79 Å². The second-order valence-corrected chi connectivity index (χ2v) is 5.46. The van der Waals surface area contributed by atoms with E-state index in [1.807, 2.05) is 39.0 Å². The van der Waals surface area contributed by atoms with Crippen LogP contribution in [0.5, 0.6) is 0 Å². The highest BCUT2D eigenvalue weighted by molar-refractivity contribution is 9.10. The van der Waals surface area contributed by atoms with Gasteiger partial charge in [-0.2, -0.15) is 0 Å². The molecule has 0 saturated heterocycles. The number of carbonyl (C=O) groups is 1. The van der Waals surface area contributed by atoms with Crippen molar-refractivity contribution in [1.82, 2.24) is 0 Å². The number of aryl methyl sites for hydroxylation is 1. The van der Waals surface area contributed by atoms with Crippen molar-refractivity contribution in [3.05, 3.63) is 28.2 Å². The Bertz CT molecular complexity index is 425. The number of amides is 1. The largest absolute Gasteiger partial charge is 0.329 e. The van der Waals surface area contributed by atoms with Gasteiger partial charge in [-0.3, -0.25) is 4.79 Å². The second kappa shape index (κ2) is 7.88. The Morgan fingerprint density at radius 1 is 1.37 bits per heavy atom. The molecule has 108 valence electrons. The first-order valence-corrected chi connectivity index (χ1v) is 7.06.